The zero-order valence-electron chi connectivity index (χ0n) is 9.97. The summed E-state index contributed by atoms with van der Waals surface area (Å²) in [6.07, 6.45) is 7.87. The van der Waals surface area contributed by atoms with Crippen LogP contribution in [0.3, 0.4) is 0 Å². The molecule has 0 fully saturated rings. The Bertz CT molecular complexity index is 477. The Hall–Kier alpha value is -2.10. The molecule has 0 saturated carbocycles. The van der Waals surface area contributed by atoms with E-state index in [1.807, 2.05) is 31.3 Å². The molecule has 0 radical (unpaired) electrons. The van der Waals surface area contributed by atoms with Crippen LogP contribution in [-0.4, -0.2) is 22.8 Å². The fourth-order valence-electron chi connectivity index (χ4n) is 1.81. The van der Waals surface area contributed by atoms with Crippen molar-refractivity contribution >= 4 is 11.6 Å². The van der Waals surface area contributed by atoms with Crippen LogP contribution in [0, 0.1) is 0 Å². The van der Waals surface area contributed by atoms with E-state index in [0.29, 0.717) is 6.42 Å². The molecule has 0 aromatic carbocycles. The number of amides is 1. The molecule has 0 aliphatic carbocycles. The molecule has 17 heavy (non-hydrogen) atoms. The van der Waals surface area contributed by atoms with E-state index in [4.69, 9.17) is 0 Å². The third-order valence-electron chi connectivity index (χ3n) is 2.48. The number of nitrogens with one attached hydrogen (secondary N) is 1. The summed E-state index contributed by atoms with van der Waals surface area (Å²) in [4.78, 5) is 17.8. The lowest BCUT2D eigenvalue weighted by Gasteiger charge is -2.19. The van der Waals surface area contributed by atoms with Gasteiger partial charge in [-0.1, -0.05) is 5.57 Å². The van der Waals surface area contributed by atoms with Gasteiger partial charge in [0.15, 0.2) is 0 Å². The number of nitrogens with zero attached hydrogens (tertiary/aromatic N) is 2. The predicted molar refractivity (Wildman–Crippen MR) is 67.1 cm³/mol. The highest BCUT2D eigenvalue weighted by Gasteiger charge is 2.14. The number of pyridine rings is 1. The zero-order valence-corrected chi connectivity index (χ0v) is 9.97. The number of hydrogen-bond donors (Lipinski definition) is 1. The summed E-state index contributed by atoms with van der Waals surface area (Å²) < 4.78 is 0. The van der Waals surface area contributed by atoms with Crippen molar-refractivity contribution in [1.29, 1.82) is 0 Å². The van der Waals surface area contributed by atoms with Gasteiger partial charge >= 0.3 is 0 Å². The van der Waals surface area contributed by atoms with Crippen LogP contribution in [0.25, 0.3) is 0 Å². The van der Waals surface area contributed by atoms with Crippen LogP contribution >= 0.6 is 0 Å². The third kappa shape index (κ3) is 2.93. The molecule has 1 aromatic rings. The highest BCUT2D eigenvalue weighted by Crippen LogP contribution is 2.19. The Labute approximate surface area is 101 Å². The maximum Gasteiger partial charge on any atom is 0.253 e. The smallest absolute Gasteiger partial charge is 0.253 e. The topological polar surface area (TPSA) is 45.2 Å². The minimum absolute atomic E-state index is 0.0597. The van der Waals surface area contributed by atoms with Crippen LogP contribution in [0.2, 0.25) is 0 Å². The Kier molecular flexibility index (Phi) is 3.23. The fraction of sp³-hybridized carbons (Fsp3) is 0.231. The fourth-order valence-corrected chi connectivity index (χ4v) is 1.81. The van der Waals surface area contributed by atoms with Gasteiger partial charge in [0, 0.05) is 49.5 Å². The van der Waals surface area contributed by atoms with E-state index in [0.717, 1.165) is 11.3 Å². The average Bonchev–Trinajstić information content (AvgIpc) is 2.29. The van der Waals surface area contributed by atoms with Crippen molar-refractivity contribution < 1.29 is 4.79 Å². The summed E-state index contributed by atoms with van der Waals surface area (Å²) in [5.41, 5.74) is 2.71. The molecule has 1 aliphatic rings. The molecule has 1 aromatic heterocycles. The van der Waals surface area contributed by atoms with Crippen molar-refractivity contribution in [2.45, 2.75) is 13.3 Å². The first-order chi connectivity index (χ1) is 8.15. The standard InChI is InChI=1S/C13H15N3O/c1-10-7-11(9-16(2)8-10)13(17)15-12-3-5-14-6-4-12/h3-6,8-9H,7H2,1-2H3,(H,14,15,17). The number of aromatic nitrogens is 1. The lowest BCUT2D eigenvalue weighted by atomic mass is 10.1. The summed E-state index contributed by atoms with van der Waals surface area (Å²) in [7, 11) is 1.92. The second kappa shape index (κ2) is 4.82. The van der Waals surface area contributed by atoms with E-state index in [2.05, 4.69) is 10.3 Å². The van der Waals surface area contributed by atoms with Gasteiger partial charge in [0.1, 0.15) is 0 Å². The molecule has 2 rings (SSSR count). The minimum atomic E-state index is -0.0597. The van der Waals surface area contributed by atoms with Gasteiger partial charge in [-0.3, -0.25) is 9.78 Å². The molecule has 2 heterocycles. The first kappa shape index (κ1) is 11.4. The number of carbonyl (C=O) groups excluding carboxylic acids is 1. The van der Waals surface area contributed by atoms with Crippen LogP contribution in [-0.2, 0) is 4.79 Å². The molecule has 4 nitrogen and oxygen atoms in total. The molecule has 1 amide bonds. The third-order valence-corrected chi connectivity index (χ3v) is 2.48. The first-order valence-electron chi connectivity index (χ1n) is 5.46. The Morgan fingerprint density at radius 1 is 1.35 bits per heavy atom. The van der Waals surface area contributed by atoms with E-state index >= 15 is 0 Å². The molecule has 0 saturated heterocycles. The van der Waals surface area contributed by atoms with Gasteiger partial charge in [0.25, 0.3) is 5.91 Å². The molecular weight excluding hydrogens is 214 g/mol. The highest BCUT2D eigenvalue weighted by molar-refractivity contribution is 6.04. The van der Waals surface area contributed by atoms with Gasteiger partial charge < -0.3 is 10.2 Å². The van der Waals surface area contributed by atoms with Crippen molar-refractivity contribution in [3.05, 3.63) is 48.1 Å². The minimum Gasteiger partial charge on any atom is -0.357 e. The molecule has 1 N–H and O–H groups in total. The summed E-state index contributed by atoms with van der Waals surface area (Å²) >= 11 is 0. The van der Waals surface area contributed by atoms with E-state index in [-0.39, 0.29) is 5.91 Å². The SMILES string of the molecule is CC1=CN(C)C=C(C(=O)Nc2ccncc2)C1. The zero-order chi connectivity index (χ0) is 12.3. The highest BCUT2D eigenvalue weighted by atomic mass is 16.1. The van der Waals surface area contributed by atoms with Crippen LogP contribution in [0.4, 0.5) is 5.69 Å². The number of hydrogen-bond acceptors (Lipinski definition) is 3. The normalized spacial score (nSPS) is 15.1. The van der Waals surface area contributed by atoms with E-state index < -0.39 is 0 Å². The van der Waals surface area contributed by atoms with Crippen LogP contribution in [0.5, 0.6) is 0 Å². The molecule has 0 spiro atoms. The van der Waals surface area contributed by atoms with Gasteiger partial charge in [0.05, 0.1) is 0 Å². The van der Waals surface area contributed by atoms with Gasteiger partial charge in [-0.2, -0.15) is 0 Å². The average molecular weight is 229 g/mol. The summed E-state index contributed by atoms with van der Waals surface area (Å²) in [5.74, 6) is -0.0597. The number of allylic oxidation sites excluding steroid dienone is 1. The van der Waals surface area contributed by atoms with E-state index in [1.165, 1.54) is 5.57 Å². The quantitative estimate of drug-likeness (QED) is 0.845. The second-order valence-corrected chi connectivity index (χ2v) is 4.16. The lowest BCUT2D eigenvalue weighted by Crippen LogP contribution is -2.20. The van der Waals surface area contributed by atoms with Crippen molar-refractivity contribution in [2.75, 3.05) is 12.4 Å². The molecule has 88 valence electrons. The van der Waals surface area contributed by atoms with Crippen molar-refractivity contribution in [3.63, 3.8) is 0 Å². The summed E-state index contributed by atoms with van der Waals surface area (Å²) in [5, 5.41) is 2.85. The largest absolute Gasteiger partial charge is 0.357 e. The number of anilines is 1. The van der Waals surface area contributed by atoms with Crippen LogP contribution < -0.4 is 5.32 Å². The Morgan fingerprint density at radius 3 is 2.71 bits per heavy atom. The van der Waals surface area contributed by atoms with Gasteiger partial charge in [-0.05, 0) is 19.1 Å². The second-order valence-electron chi connectivity index (χ2n) is 4.16. The monoisotopic (exact) mass is 229 g/mol. The molecular formula is C13H15N3O. The molecule has 0 bridgehead atoms. The van der Waals surface area contributed by atoms with Gasteiger partial charge in [-0.15, -0.1) is 0 Å². The predicted octanol–water partition coefficient (Wildman–Crippen LogP) is 2.14. The maximum atomic E-state index is 12.0. The van der Waals surface area contributed by atoms with Crippen molar-refractivity contribution in [2.24, 2.45) is 0 Å². The molecule has 0 atom stereocenters. The van der Waals surface area contributed by atoms with Crippen molar-refractivity contribution in [1.82, 2.24) is 9.88 Å². The van der Waals surface area contributed by atoms with E-state index in [9.17, 15) is 4.79 Å². The Balaban J connectivity index is 2.07. The lowest BCUT2D eigenvalue weighted by molar-refractivity contribution is -0.113. The van der Waals surface area contributed by atoms with E-state index in [1.54, 1.807) is 24.5 Å². The van der Waals surface area contributed by atoms with Crippen molar-refractivity contribution in [3.8, 4) is 0 Å². The van der Waals surface area contributed by atoms with Gasteiger partial charge in [0.2, 0.25) is 0 Å². The maximum absolute atomic E-state index is 12.0. The molecule has 4 heteroatoms. The molecule has 0 unspecified atom stereocenters. The van der Waals surface area contributed by atoms with Crippen LogP contribution in [0.15, 0.2) is 48.1 Å². The van der Waals surface area contributed by atoms with Crippen LogP contribution in [0.1, 0.15) is 13.3 Å². The summed E-state index contributed by atoms with van der Waals surface area (Å²) in [6, 6.07) is 3.54. The summed E-state index contributed by atoms with van der Waals surface area (Å²) in [6.45, 7) is 2.02. The number of rotatable bonds is 2. The Morgan fingerprint density at radius 2 is 2.06 bits per heavy atom. The van der Waals surface area contributed by atoms with Gasteiger partial charge in [-0.25, -0.2) is 0 Å². The number of carbonyl (C=O) groups is 1. The molecule has 1 aliphatic heterocycles. The first-order valence-corrected chi connectivity index (χ1v) is 5.46.